The van der Waals surface area contributed by atoms with Gasteiger partial charge in [0.1, 0.15) is 5.78 Å². The first-order chi connectivity index (χ1) is 13.6. The maximum atomic E-state index is 13.3. The molecule has 144 valence electrons. The zero-order valence-electron chi connectivity index (χ0n) is 16.0. The molecule has 2 heterocycles. The van der Waals surface area contributed by atoms with Gasteiger partial charge in [0, 0.05) is 30.8 Å². The monoisotopic (exact) mass is 378 g/mol. The van der Waals surface area contributed by atoms with Gasteiger partial charge in [-0.3, -0.25) is 14.7 Å². The summed E-state index contributed by atoms with van der Waals surface area (Å²) in [5.74, 6) is 1.05. The molecule has 0 saturated carbocycles. The predicted octanol–water partition coefficient (Wildman–Crippen LogP) is 3.73. The van der Waals surface area contributed by atoms with E-state index in [0.717, 1.165) is 17.7 Å². The number of nitrogens with zero attached hydrogens (tertiary/aromatic N) is 2. The molecule has 2 aromatic rings. The Balaban J connectivity index is 1.65. The van der Waals surface area contributed by atoms with Gasteiger partial charge in [0.15, 0.2) is 11.5 Å². The maximum absolute atomic E-state index is 13.3. The maximum Gasteiger partial charge on any atom is 0.261 e. The molecule has 2 aliphatic rings. The highest BCUT2D eigenvalue weighted by Crippen LogP contribution is 2.40. The van der Waals surface area contributed by atoms with E-state index in [4.69, 9.17) is 9.47 Å². The molecule has 4 rings (SSSR count). The van der Waals surface area contributed by atoms with Crippen molar-refractivity contribution < 1.29 is 19.1 Å². The number of methoxy groups -OCH3 is 1. The van der Waals surface area contributed by atoms with Crippen molar-refractivity contribution in [2.24, 2.45) is 4.99 Å². The van der Waals surface area contributed by atoms with Crippen LogP contribution in [0.25, 0.3) is 0 Å². The van der Waals surface area contributed by atoms with Gasteiger partial charge in [-0.1, -0.05) is 18.2 Å². The van der Waals surface area contributed by atoms with E-state index < -0.39 is 0 Å². The van der Waals surface area contributed by atoms with Gasteiger partial charge in [0.25, 0.3) is 5.91 Å². The summed E-state index contributed by atoms with van der Waals surface area (Å²) in [5, 5.41) is 0. The van der Waals surface area contributed by atoms with Gasteiger partial charge in [0.05, 0.1) is 31.0 Å². The van der Waals surface area contributed by atoms with Crippen LogP contribution in [-0.4, -0.2) is 37.7 Å². The third-order valence-electron chi connectivity index (χ3n) is 5.06. The van der Waals surface area contributed by atoms with Crippen LogP contribution >= 0.6 is 0 Å². The molecule has 0 aliphatic carbocycles. The van der Waals surface area contributed by atoms with Crippen LogP contribution in [0.2, 0.25) is 0 Å². The minimum absolute atomic E-state index is 0.0936. The van der Waals surface area contributed by atoms with E-state index in [1.165, 1.54) is 0 Å². The third-order valence-corrected chi connectivity index (χ3v) is 5.06. The van der Waals surface area contributed by atoms with Gasteiger partial charge in [-0.2, -0.15) is 0 Å². The Labute approximate surface area is 163 Å². The van der Waals surface area contributed by atoms with Crippen LogP contribution in [-0.2, 0) is 11.2 Å². The summed E-state index contributed by atoms with van der Waals surface area (Å²) in [6, 6.07) is 11.3. The number of fused-ring (bicyclic) bond motifs is 4. The molecule has 0 fully saturated rings. The number of aliphatic imine (C=N–C) groups is 1. The lowest BCUT2D eigenvalue weighted by Gasteiger charge is -2.22. The largest absolute Gasteiger partial charge is 0.493 e. The molecule has 0 spiro atoms. The fourth-order valence-corrected chi connectivity index (χ4v) is 3.69. The molecule has 2 aliphatic heterocycles. The zero-order chi connectivity index (χ0) is 19.7. The summed E-state index contributed by atoms with van der Waals surface area (Å²) in [5.41, 5.74) is 3.14. The molecule has 6 nitrogen and oxygen atoms in total. The van der Waals surface area contributed by atoms with Gasteiger partial charge in [0.2, 0.25) is 0 Å². The summed E-state index contributed by atoms with van der Waals surface area (Å²) < 4.78 is 11.2. The number of hydrogen-bond donors (Lipinski definition) is 0. The fourth-order valence-electron chi connectivity index (χ4n) is 3.69. The first kappa shape index (κ1) is 18.2. The van der Waals surface area contributed by atoms with E-state index in [1.54, 1.807) is 31.1 Å². The molecule has 1 atom stereocenters. The minimum Gasteiger partial charge on any atom is -0.493 e. The van der Waals surface area contributed by atoms with Crippen LogP contribution in [0.5, 0.6) is 11.5 Å². The lowest BCUT2D eigenvalue weighted by Crippen LogP contribution is -2.37. The molecule has 28 heavy (non-hydrogen) atoms. The summed E-state index contributed by atoms with van der Waals surface area (Å²) >= 11 is 0. The van der Waals surface area contributed by atoms with Crippen LogP contribution in [0.4, 0.5) is 11.4 Å². The summed E-state index contributed by atoms with van der Waals surface area (Å²) in [6.45, 7) is 1.96. The highest BCUT2D eigenvalue weighted by molar-refractivity contribution is 6.14. The number of carbonyl (C=O) groups excluding carboxylic acids is 2. The third kappa shape index (κ3) is 3.26. The van der Waals surface area contributed by atoms with E-state index in [0.29, 0.717) is 42.2 Å². The molecule has 6 heteroatoms. The number of para-hydroxylation sites is 1. The van der Waals surface area contributed by atoms with Crippen molar-refractivity contribution in [1.29, 1.82) is 0 Å². The van der Waals surface area contributed by atoms with Gasteiger partial charge < -0.3 is 14.3 Å². The molecule has 0 radical (unpaired) electrons. The van der Waals surface area contributed by atoms with Gasteiger partial charge >= 0.3 is 0 Å². The number of hydrogen-bond acceptors (Lipinski definition) is 5. The van der Waals surface area contributed by atoms with E-state index >= 15 is 0 Å². The van der Waals surface area contributed by atoms with Crippen LogP contribution in [0.15, 0.2) is 41.4 Å². The number of carbonyl (C=O) groups is 2. The predicted molar refractivity (Wildman–Crippen MR) is 107 cm³/mol. The molecular weight excluding hydrogens is 356 g/mol. The molecule has 1 amide bonds. The van der Waals surface area contributed by atoms with Crippen molar-refractivity contribution in [3.8, 4) is 11.5 Å². The van der Waals surface area contributed by atoms with Gasteiger partial charge in [-0.05, 0) is 31.0 Å². The normalized spacial score (nSPS) is 16.9. The molecule has 0 N–H and O–H groups in total. The number of ether oxygens (including phenoxy) is 2. The Hall–Kier alpha value is -3.15. The Kier molecular flexibility index (Phi) is 4.86. The molecule has 1 unspecified atom stereocenters. The lowest BCUT2D eigenvalue weighted by molar-refractivity contribution is -0.117. The van der Waals surface area contributed by atoms with Crippen molar-refractivity contribution in [3.05, 3.63) is 47.5 Å². The van der Waals surface area contributed by atoms with Crippen molar-refractivity contribution in [2.75, 3.05) is 18.6 Å². The number of benzene rings is 2. The smallest absolute Gasteiger partial charge is 0.261 e. The topological polar surface area (TPSA) is 68.2 Å². The quantitative estimate of drug-likeness (QED) is 0.718. The molecule has 0 saturated heterocycles. The van der Waals surface area contributed by atoms with Gasteiger partial charge in [-0.15, -0.1) is 0 Å². The average molecular weight is 378 g/mol. The van der Waals surface area contributed by atoms with Crippen molar-refractivity contribution in [3.63, 3.8) is 0 Å². The summed E-state index contributed by atoms with van der Waals surface area (Å²) in [6.07, 6.45) is 3.69. The molecule has 0 aromatic heterocycles. The van der Waals surface area contributed by atoms with Crippen LogP contribution in [0.3, 0.4) is 0 Å². The van der Waals surface area contributed by atoms with Crippen molar-refractivity contribution in [2.45, 2.75) is 32.2 Å². The Bertz CT molecular complexity index is 967. The minimum atomic E-state index is -0.0942. The second-order valence-electron chi connectivity index (χ2n) is 7.03. The van der Waals surface area contributed by atoms with E-state index in [2.05, 4.69) is 4.99 Å². The number of amides is 1. The SMILES string of the molecule is COc1cc2c(cc1OCCCC(C)=O)N=CC1Cc3ccccc3N1C2=O. The number of ketones is 1. The molecular formula is C22H22N2O4. The lowest BCUT2D eigenvalue weighted by atomic mass is 10.1. The van der Waals surface area contributed by atoms with Crippen LogP contribution in [0, 0.1) is 0 Å². The van der Waals surface area contributed by atoms with E-state index in [1.807, 2.05) is 30.5 Å². The van der Waals surface area contributed by atoms with Crippen LogP contribution < -0.4 is 14.4 Å². The van der Waals surface area contributed by atoms with Crippen molar-refractivity contribution >= 4 is 29.3 Å². The van der Waals surface area contributed by atoms with E-state index in [-0.39, 0.29) is 17.7 Å². The summed E-state index contributed by atoms with van der Waals surface area (Å²) in [7, 11) is 1.54. The number of anilines is 1. The molecule has 0 bridgehead atoms. The second kappa shape index (κ2) is 7.46. The Morgan fingerprint density at radius 3 is 2.86 bits per heavy atom. The molecule has 2 aromatic carbocycles. The highest BCUT2D eigenvalue weighted by Gasteiger charge is 2.36. The standard InChI is InChI=1S/C22H22N2O4/c1-14(25)6-5-9-28-21-12-18-17(11-20(21)27-2)22(26)24-16(13-23-18)10-15-7-3-4-8-19(15)24/h3-4,7-8,11-13,16H,5-6,9-10H2,1-2H3. The van der Waals surface area contributed by atoms with Crippen LogP contribution in [0.1, 0.15) is 35.7 Å². The first-order valence-electron chi connectivity index (χ1n) is 9.38. The highest BCUT2D eigenvalue weighted by atomic mass is 16.5. The zero-order valence-corrected chi connectivity index (χ0v) is 16.0. The average Bonchev–Trinajstić information content (AvgIpc) is 3.01. The summed E-state index contributed by atoms with van der Waals surface area (Å²) in [4.78, 5) is 30.8. The van der Waals surface area contributed by atoms with E-state index in [9.17, 15) is 9.59 Å². The first-order valence-corrected chi connectivity index (χ1v) is 9.38. The number of rotatable bonds is 6. The second-order valence-corrected chi connectivity index (χ2v) is 7.03. The Morgan fingerprint density at radius 2 is 2.07 bits per heavy atom. The van der Waals surface area contributed by atoms with Gasteiger partial charge in [-0.25, -0.2) is 0 Å². The number of Topliss-reactive ketones (excluding diaryl/α,β-unsaturated/α-hetero) is 1. The Morgan fingerprint density at radius 1 is 1.25 bits per heavy atom. The fraction of sp³-hybridized carbons (Fsp3) is 0.318. The van der Waals surface area contributed by atoms with Crippen molar-refractivity contribution in [1.82, 2.24) is 0 Å².